The third-order valence-corrected chi connectivity index (χ3v) is 6.26. The van der Waals surface area contributed by atoms with Gasteiger partial charge in [-0.05, 0) is 37.7 Å². The van der Waals surface area contributed by atoms with Gasteiger partial charge in [0.2, 0.25) is 0 Å². The number of allylic oxidation sites excluding steroid dienone is 2. The number of ether oxygens (including phenoxy) is 2. The summed E-state index contributed by atoms with van der Waals surface area (Å²) in [4.78, 5) is 31.5. The van der Waals surface area contributed by atoms with E-state index in [9.17, 15) is 9.59 Å². The van der Waals surface area contributed by atoms with Gasteiger partial charge in [-0.15, -0.1) is 0 Å². The van der Waals surface area contributed by atoms with Crippen LogP contribution in [0.15, 0.2) is 40.5 Å². The second kappa shape index (κ2) is 10.5. The fraction of sp³-hybridized carbons (Fsp3) is 0.593. The molecule has 0 saturated carbocycles. The number of unbranched alkanes of at least 4 members (excludes halogenated alkanes) is 2. The first-order valence-electron chi connectivity index (χ1n) is 12.0. The maximum atomic E-state index is 13.4. The molecular weight excluding hydrogens is 402 g/mol. The molecule has 0 fully saturated rings. The van der Waals surface area contributed by atoms with Gasteiger partial charge in [0.1, 0.15) is 11.7 Å². The molecule has 1 aromatic carbocycles. The number of benzene rings is 1. The number of para-hydroxylation sites is 1. The molecule has 0 amide bonds. The maximum absolute atomic E-state index is 13.4. The highest BCUT2D eigenvalue weighted by atomic mass is 16.5. The molecule has 5 nitrogen and oxygen atoms in total. The molecule has 1 heterocycles. The van der Waals surface area contributed by atoms with Crippen LogP contribution >= 0.6 is 0 Å². The van der Waals surface area contributed by atoms with Crippen molar-refractivity contribution in [1.82, 2.24) is 0 Å². The van der Waals surface area contributed by atoms with E-state index in [4.69, 9.17) is 14.5 Å². The second-order valence-corrected chi connectivity index (χ2v) is 9.77. The molecule has 2 atom stereocenters. The van der Waals surface area contributed by atoms with Crippen LogP contribution in [-0.2, 0) is 14.3 Å². The lowest BCUT2D eigenvalue weighted by atomic mass is 9.66. The van der Waals surface area contributed by atoms with Crippen molar-refractivity contribution < 1.29 is 19.1 Å². The molecule has 3 rings (SSSR count). The van der Waals surface area contributed by atoms with Crippen LogP contribution in [0.1, 0.15) is 84.6 Å². The van der Waals surface area contributed by atoms with Crippen LogP contribution in [-0.4, -0.2) is 30.7 Å². The van der Waals surface area contributed by atoms with Crippen molar-refractivity contribution in [3.63, 3.8) is 0 Å². The van der Waals surface area contributed by atoms with E-state index in [0.29, 0.717) is 30.9 Å². The number of hydrogen-bond donors (Lipinski definition) is 0. The standard InChI is InChI=1S/C27H37NO4/c1-6-8-11-15-32-26(30)23-18(3)28-20-16-27(4,5)17-21(29)25(20)24(23)19-12-9-10-13-22(19)31-14-7-2/h9-10,12-13,23-24H,6-8,11,14-17H2,1-5H3/t23?,24-/m0/s1. The van der Waals surface area contributed by atoms with Crippen molar-refractivity contribution in [2.75, 3.05) is 13.2 Å². The summed E-state index contributed by atoms with van der Waals surface area (Å²) in [5.74, 6) is -0.555. The van der Waals surface area contributed by atoms with Crippen LogP contribution in [0.3, 0.4) is 0 Å². The number of nitrogens with zero attached hydrogens (tertiary/aromatic N) is 1. The summed E-state index contributed by atoms with van der Waals surface area (Å²) in [5.41, 5.74) is 2.92. The predicted octanol–water partition coefficient (Wildman–Crippen LogP) is 6.03. The van der Waals surface area contributed by atoms with E-state index in [1.54, 1.807) is 0 Å². The fourth-order valence-electron chi connectivity index (χ4n) is 4.78. The van der Waals surface area contributed by atoms with E-state index in [2.05, 4.69) is 27.7 Å². The normalized spacial score (nSPS) is 22.3. The summed E-state index contributed by atoms with van der Waals surface area (Å²) in [6, 6.07) is 7.77. The lowest BCUT2D eigenvalue weighted by molar-refractivity contribution is -0.146. The summed E-state index contributed by atoms with van der Waals surface area (Å²) < 4.78 is 11.7. The van der Waals surface area contributed by atoms with Gasteiger partial charge in [0, 0.05) is 34.9 Å². The summed E-state index contributed by atoms with van der Waals surface area (Å²) in [6.07, 6.45) is 4.97. The second-order valence-electron chi connectivity index (χ2n) is 9.77. The van der Waals surface area contributed by atoms with Gasteiger partial charge in [-0.25, -0.2) is 0 Å². The van der Waals surface area contributed by atoms with Gasteiger partial charge in [-0.2, -0.15) is 0 Å². The smallest absolute Gasteiger partial charge is 0.315 e. The van der Waals surface area contributed by atoms with Crippen molar-refractivity contribution in [3.05, 3.63) is 41.1 Å². The third kappa shape index (κ3) is 5.31. The Kier molecular flexibility index (Phi) is 7.91. The van der Waals surface area contributed by atoms with E-state index in [0.717, 1.165) is 49.1 Å². The van der Waals surface area contributed by atoms with Gasteiger partial charge in [0.15, 0.2) is 5.78 Å². The van der Waals surface area contributed by atoms with E-state index in [-0.39, 0.29) is 17.2 Å². The Morgan fingerprint density at radius 3 is 2.56 bits per heavy atom. The first-order valence-corrected chi connectivity index (χ1v) is 12.0. The monoisotopic (exact) mass is 439 g/mol. The highest BCUT2D eigenvalue weighted by molar-refractivity contribution is 6.09. The van der Waals surface area contributed by atoms with Gasteiger partial charge in [-0.1, -0.05) is 58.7 Å². The minimum absolute atomic E-state index is 0.0755. The molecule has 0 spiro atoms. The Hall–Kier alpha value is -2.43. The Morgan fingerprint density at radius 2 is 1.84 bits per heavy atom. The van der Waals surface area contributed by atoms with Crippen molar-refractivity contribution in [3.8, 4) is 5.75 Å². The van der Waals surface area contributed by atoms with Gasteiger partial charge < -0.3 is 9.47 Å². The molecule has 1 aliphatic heterocycles. The predicted molar refractivity (Wildman–Crippen MR) is 127 cm³/mol. The number of carbonyl (C=O) groups is 2. The number of esters is 1. The van der Waals surface area contributed by atoms with E-state index >= 15 is 0 Å². The van der Waals surface area contributed by atoms with Gasteiger partial charge in [-0.3, -0.25) is 14.6 Å². The third-order valence-electron chi connectivity index (χ3n) is 6.26. The summed E-state index contributed by atoms with van der Waals surface area (Å²) >= 11 is 0. The SMILES string of the molecule is CCCCCOC(=O)C1C(C)=NC2=C(C(=O)CC(C)(C)C2)[C@H]1c1ccccc1OCCC. The average Bonchev–Trinajstić information content (AvgIpc) is 2.73. The van der Waals surface area contributed by atoms with Crippen LogP contribution < -0.4 is 4.74 Å². The van der Waals surface area contributed by atoms with Crippen molar-refractivity contribution in [1.29, 1.82) is 0 Å². The molecule has 0 bridgehead atoms. The van der Waals surface area contributed by atoms with Crippen LogP contribution in [0.25, 0.3) is 0 Å². The molecule has 1 aromatic rings. The zero-order valence-corrected chi connectivity index (χ0v) is 20.2. The highest BCUT2D eigenvalue weighted by Gasteiger charge is 2.46. The lowest BCUT2D eigenvalue weighted by Gasteiger charge is -2.39. The molecule has 0 aromatic heterocycles. The van der Waals surface area contributed by atoms with Crippen molar-refractivity contribution in [2.24, 2.45) is 16.3 Å². The maximum Gasteiger partial charge on any atom is 0.315 e. The van der Waals surface area contributed by atoms with Crippen LogP contribution in [0.4, 0.5) is 0 Å². The van der Waals surface area contributed by atoms with E-state index in [1.165, 1.54) is 0 Å². The molecular formula is C27H37NO4. The zero-order valence-electron chi connectivity index (χ0n) is 20.2. The summed E-state index contributed by atoms with van der Waals surface area (Å²) in [6.45, 7) is 11.2. The van der Waals surface area contributed by atoms with Crippen LogP contribution in [0.2, 0.25) is 0 Å². The number of hydrogen-bond acceptors (Lipinski definition) is 5. The molecule has 0 radical (unpaired) electrons. The van der Waals surface area contributed by atoms with Gasteiger partial charge in [0.05, 0.1) is 13.2 Å². The fourth-order valence-corrected chi connectivity index (χ4v) is 4.78. The molecule has 0 N–H and O–H groups in total. The minimum atomic E-state index is -0.619. The first kappa shape index (κ1) is 24.2. The van der Waals surface area contributed by atoms with Crippen LogP contribution in [0.5, 0.6) is 5.75 Å². The number of rotatable bonds is 9. The average molecular weight is 440 g/mol. The van der Waals surface area contributed by atoms with Gasteiger partial charge in [0.25, 0.3) is 0 Å². The minimum Gasteiger partial charge on any atom is -0.493 e. The molecule has 5 heteroatoms. The Balaban J connectivity index is 2.06. The Bertz CT molecular complexity index is 912. The largest absolute Gasteiger partial charge is 0.493 e. The number of carbonyl (C=O) groups excluding carboxylic acids is 2. The number of aliphatic imine (C=N–C) groups is 1. The molecule has 2 aliphatic rings. The van der Waals surface area contributed by atoms with Crippen LogP contribution in [0, 0.1) is 11.3 Å². The van der Waals surface area contributed by atoms with Gasteiger partial charge >= 0.3 is 5.97 Å². The van der Waals surface area contributed by atoms with E-state index in [1.807, 2.05) is 31.2 Å². The zero-order chi connectivity index (χ0) is 23.3. The topological polar surface area (TPSA) is 65.0 Å². The molecule has 174 valence electrons. The lowest BCUT2D eigenvalue weighted by Crippen LogP contribution is -2.39. The van der Waals surface area contributed by atoms with Crippen molar-refractivity contribution >= 4 is 17.5 Å². The van der Waals surface area contributed by atoms with E-state index < -0.39 is 11.8 Å². The number of ketones is 1. The molecule has 1 unspecified atom stereocenters. The summed E-state index contributed by atoms with van der Waals surface area (Å²) in [7, 11) is 0. The Labute approximate surface area is 192 Å². The quantitative estimate of drug-likeness (QED) is 0.348. The molecule has 1 aliphatic carbocycles. The summed E-state index contributed by atoms with van der Waals surface area (Å²) in [5, 5.41) is 0. The Morgan fingerprint density at radius 1 is 1.09 bits per heavy atom. The highest BCUT2D eigenvalue weighted by Crippen LogP contribution is 2.49. The van der Waals surface area contributed by atoms with Crippen molar-refractivity contribution in [2.45, 2.75) is 79.1 Å². The number of Topliss-reactive ketones (excluding diaryl/α,β-unsaturated/α-hetero) is 1. The first-order chi connectivity index (χ1) is 15.3. The molecule has 32 heavy (non-hydrogen) atoms. The molecule has 0 saturated heterocycles.